The molecule has 2 heterocycles. The van der Waals surface area contributed by atoms with E-state index >= 15 is 0 Å². The van der Waals surface area contributed by atoms with E-state index in [0.717, 1.165) is 22.6 Å². The Morgan fingerprint density at radius 2 is 1.83 bits per heavy atom. The number of rotatable bonds is 5. The lowest BCUT2D eigenvalue weighted by Gasteiger charge is -2.09. The fourth-order valence-corrected chi connectivity index (χ4v) is 3.62. The molecule has 0 saturated heterocycles. The molecule has 0 N–H and O–H groups in total. The summed E-state index contributed by atoms with van der Waals surface area (Å²) >= 11 is 1.36. The van der Waals surface area contributed by atoms with Crippen LogP contribution in [-0.4, -0.2) is 36.6 Å². The Balaban J connectivity index is 1.39. The minimum atomic E-state index is -0.623. The molecule has 29 heavy (non-hydrogen) atoms. The molecule has 1 aliphatic heterocycles. The van der Waals surface area contributed by atoms with Crippen LogP contribution in [0, 0.1) is 6.92 Å². The summed E-state index contributed by atoms with van der Waals surface area (Å²) in [6.45, 7) is 2.76. The third-order valence-corrected chi connectivity index (χ3v) is 5.31. The number of hydrogen-bond acceptors (Lipinski definition) is 7. The molecule has 4 rings (SSSR count). The fraction of sp³-hybridized carbons (Fsp3) is 0.227. The van der Waals surface area contributed by atoms with Crippen molar-refractivity contribution in [3.05, 3.63) is 64.7 Å². The van der Waals surface area contributed by atoms with Crippen molar-refractivity contribution in [3.8, 4) is 22.1 Å². The van der Waals surface area contributed by atoms with Gasteiger partial charge in [-0.3, -0.25) is 4.79 Å². The molecule has 0 bridgehead atoms. The number of aromatic nitrogens is 1. The minimum Gasteiger partial charge on any atom is -0.490 e. The first-order valence-electron chi connectivity index (χ1n) is 9.23. The van der Waals surface area contributed by atoms with Crippen molar-refractivity contribution in [2.75, 3.05) is 19.8 Å². The van der Waals surface area contributed by atoms with Gasteiger partial charge in [-0.25, -0.2) is 9.78 Å². The van der Waals surface area contributed by atoms with Crippen LogP contribution in [0.5, 0.6) is 11.5 Å². The number of ether oxygens (including phenoxy) is 3. The molecule has 0 aliphatic carbocycles. The number of Topliss-reactive ketones (excluding diaryl/α,β-unsaturated/α-hetero) is 1. The van der Waals surface area contributed by atoms with Crippen molar-refractivity contribution in [2.24, 2.45) is 0 Å². The normalized spacial score (nSPS) is 12.9. The number of aryl methyl sites for hydroxylation is 1. The number of fused-ring (bicyclic) bond motifs is 1. The van der Waals surface area contributed by atoms with Crippen LogP contribution in [0.1, 0.15) is 32.8 Å². The first-order chi connectivity index (χ1) is 14.1. The summed E-state index contributed by atoms with van der Waals surface area (Å²) < 4.78 is 16.3. The smallest absolute Gasteiger partial charge is 0.358 e. The molecule has 1 aliphatic rings. The zero-order valence-corrected chi connectivity index (χ0v) is 16.7. The third kappa shape index (κ3) is 4.46. The lowest BCUT2D eigenvalue weighted by Crippen LogP contribution is -2.14. The number of carbonyl (C=O) groups excluding carboxylic acids is 2. The summed E-state index contributed by atoms with van der Waals surface area (Å²) in [5.41, 5.74) is 2.68. The van der Waals surface area contributed by atoms with Gasteiger partial charge in [-0.15, -0.1) is 11.3 Å². The van der Waals surface area contributed by atoms with Gasteiger partial charge in [0.05, 0.1) is 13.2 Å². The molecule has 2 aromatic carbocycles. The van der Waals surface area contributed by atoms with E-state index in [2.05, 4.69) is 4.98 Å². The second-order valence-corrected chi connectivity index (χ2v) is 7.47. The van der Waals surface area contributed by atoms with Crippen LogP contribution in [0.15, 0.2) is 47.8 Å². The van der Waals surface area contributed by atoms with Crippen LogP contribution in [0.4, 0.5) is 0 Å². The highest BCUT2D eigenvalue weighted by Crippen LogP contribution is 2.30. The maximum atomic E-state index is 12.4. The Bertz CT molecular complexity index is 1040. The Kier molecular flexibility index (Phi) is 5.57. The lowest BCUT2D eigenvalue weighted by atomic mass is 10.1. The average molecular weight is 409 g/mol. The van der Waals surface area contributed by atoms with Gasteiger partial charge in [0.2, 0.25) is 0 Å². The van der Waals surface area contributed by atoms with Gasteiger partial charge in [0.1, 0.15) is 5.01 Å². The van der Waals surface area contributed by atoms with Crippen LogP contribution in [0.3, 0.4) is 0 Å². The van der Waals surface area contributed by atoms with Crippen molar-refractivity contribution in [2.45, 2.75) is 13.3 Å². The Hall–Kier alpha value is -3.19. The molecular weight excluding hydrogens is 390 g/mol. The van der Waals surface area contributed by atoms with E-state index in [1.165, 1.54) is 11.3 Å². The molecule has 3 aromatic rings. The first kappa shape index (κ1) is 19.1. The van der Waals surface area contributed by atoms with E-state index in [9.17, 15) is 9.59 Å². The van der Waals surface area contributed by atoms with Crippen LogP contribution in [0.25, 0.3) is 10.6 Å². The molecule has 7 heteroatoms. The van der Waals surface area contributed by atoms with Crippen LogP contribution in [0.2, 0.25) is 0 Å². The van der Waals surface area contributed by atoms with Gasteiger partial charge in [0, 0.05) is 22.9 Å². The van der Waals surface area contributed by atoms with E-state index in [4.69, 9.17) is 14.2 Å². The molecule has 0 radical (unpaired) electrons. The fourth-order valence-electron chi connectivity index (χ4n) is 2.82. The van der Waals surface area contributed by atoms with Gasteiger partial charge < -0.3 is 14.2 Å². The molecule has 0 amide bonds. The molecule has 6 nitrogen and oxygen atoms in total. The van der Waals surface area contributed by atoms with Gasteiger partial charge >= 0.3 is 5.97 Å². The molecular formula is C22H19NO5S. The SMILES string of the molecule is Cc1ccc(-c2nc(C(=O)OCC(=O)c3ccc4c(c3)OCCCO4)cs2)cc1. The molecule has 148 valence electrons. The van der Waals surface area contributed by atoms with Gasteiger partial charge in [0.15, 0.2) is 29.6 Å². The maximum Gasteiger partial charge on any atom is 0.358 e. The largest absolute Gasteiger partial charge is 0.490 e. The summed E-state index contributed by atoms with van der Waals surface area (Å²) in [6, 6.07) is 12.8. The van der Waals surface area contributed by atoms with Gasteiger partial charge in [-0.05, 0) is 25.1 Å². The molecule has 1 aromatic heterocycles. The van der Waals surface area contributed by atoms with E-state index in [-0.39, 0.29) is 18.1 Å². The molecule has 0 spiro atoms. The summed E-state index contributed by atoms with van der Waals surface area (Å²) in [7, 11) is 0. The average Bonchev–Trinajstić information content (AvgIpc) is 3.11. The number of thiazole rings is 1. The third-order valence-electron chi connectivity index (χ3n) is 4.42. The quantitative estimate of drug-likeness (QED) is 0.462. The zero-order valence-electron chi connectivity index (χ0n) is 15.8. The highest BCUT2D eigenvalue weighted by Gasteiger charge is 2.18. The standard InChI is InChI=1S/C22H19NO5S/c1-14-3-5-15(6-4-14)21-23-17(13-29-21)22(25)28-12-18(24)16-7-8-19-20(11-16)27-10-2-9-26-19/h3-8,11,13H,2,9-10,12H2,1H3. The van der Waals surface area contributed by atoms with Crippen LogP contribution in [-0.2, 0) is 4.74 Å². The predicted molar refractivity (Wildman–Crippen MR) is 109 cm³/mol. The summed E-state index contributed by atoms with van der Waals surface area (Å²) in [5, 5.41) is 2.36. The van der Waals surface area contributed by atoms with Crippen molar-refractivity contribution in [1.29, 1.82) is 0 Å². The number of ketones is 1. The van der Waals surface area contributed by atoms with Crippen molar-refractivity contribution in [3.63, 3.8) is 0 Å². The maximum absolute atomic E-state index is 12.4. The van der Waals surface area contributed by atoms with Gasteiger partial charge in [-0.2, -0.15) is 0 Å². The van der Waals surface area contributed by atoms with Crippen molar-refractivity contribution >= 4 is 23.1 Å². The Morgan fingerprint density at radius 1 is 1.07 bits per heavy atom. The number of benzene rings is 2. The second kappa shape index (κ2) is 8.45. The van der Waals surface area contributed by atoms with E-state index in [1.54, 1.807) is 23.6 Å². The van der Waals surface area contributed by atoms with Crippen molar-refractivity contribution in [1.82, 2.24) is 4.98 Å². The van der Waals surface area contributed by atoms with E-state index < -0.39 is 5.97 Å². The van der Waals surface area contributed by atoms with Gasteiger partial charge in [0.25, 0.3) is 0 Å². The van der Waals surface area contributed by atoms with Crippen LogP contribution < -0.4 is 9.47 Å². The van der Waals surface area contributed by atoms with Gasteiger partial charge in [-0.1, -0.05) is 29.8 Å². The monoisotopic (exact) mass is 409 g/mol. The molecule has 0 atom stereocenters. The predicted octanol–water partition coefficient (Wildman–Crippen LogP) is 4.32. The number of hydrogen-bond donors (Lipinski definition) is 0. The molecule has 0 saturated carbocycles. The summed E-state index contributed by atoms with van der Waals surface area (Å²) in [6.07, 6.45) is 0.786. The zero-order chi connectivity index (χ0) is 20.2. The second-order valence-electron chi connectivity index (χ2n) is 6.62. The highest BCUT2D eigenvalue weighted by molar-refractivity contribution is 7.13. The Labute approximate surface area is 172 Å². The molecule has 0 unspecified atom stereocenters. The topological polar surface area (TPSA) is 74.7 Å². The number of esters is 1. The number of carbonyl (C=O) groups is 2. The summed E-state index contributed by atoms with van der Waals surface area (Å²) in [5.74, 6) is 0.203. The van der Waals surface area contributed by atoms with Crippen LogP contribution >= 0.6 is 11.3 Å². The molecule has 0 fully saturated rings. The summed E-state index contributed by atoms with van der Waals surface area (Å²) in [4.78, 5) is 29.0. The first-order valence-corrected chi connectivity index (χ1v) is 10.1. The highest BCUT2D eigenvalue weighted by atomic mass is 32.1. The Morgan fingerprint density at radius 3 is 2.62 bits per heavy atom. The van der Waals surface area contributed by atoms with Crippen molar-refractivity contribution < 1.29 is 23.8 Å². The lowest BCUT2D eigenvalue weighted by molar-refractivity contribution is 0.0470. The van der Waals surface area contributed by atoms with E-state index in [1.807, 2.05) is 31.2 Å². The number of nitrogens with zero attached hydrogens (tertiary/aromatic N) is 1. The van der Waals surface area contributed by atoms with E-state index in [0.29, 0.717) is 30.3 Å². The minimum absolute atomic E-state index is 0.192.